The van der Waals surface area contributed by atoms with E-state index in [-0.39, 0.29) is 6.61 Å². The van der Waals surface area contributed by atoms with Gasteiger partial charge in [-0.1, -0.05) is 13.3 Å². The predicted octanol–water partition coefficient (Wildman–Crippen LogP) is -0.600. The summed E-state index contributed by atoms with van der Waals surface area (Å²) in [6.07, 6.45) is 1.61. The van der Waals surface area contributed by atoms with Crippen LogP contribution in [0.4, 0.5) is 0 Å². The lowest BCUT2D eigenvalue weighted by atomic mass is 10.2. The maximum atomic E-state index is 9.22. The minimum atomic E-state index is -0.636. The normalized spacial score (nSPS) is 13.6. The molecule has 0 rings (SSSR count). The highest BCUT2D eigenvalue weighted by Gasteiger charge is 2.08. The zero-order valence-corrected chi connectivity index (χ0v) is 8.45. The molecule has 0 aliphatic rings. The van der Waals surface area contributed by atoms with Crippen LogP contribution in [0.5, 0.6) is 0 Å². The monoisotopic (exact) mass is 190 g/mol. The molecule has 0 radical (unpaired) electrons. The Bertz CT molecular complexity index is 112. The maximum absolute atomic E-state index is 9.22. The van der Waals surface area contributed by atoms with Crippen LogP contribution in [-0.2, 0) is 0 Å². The van der Waals surface area contributed by atoms with Crippen LogP contribution in [0.25, 0.3) is 0 Å². The van der Waals surface area contributed by atoms with Gasteiger partial charge in [-0.25, -0.2) is 0 Å². The van der Waals surface area contributed by atoms with Gasteiger partial charge >= 0.3 is 0 Å². The largest absolute Gasteiger partial charge is 0.394 e. The molecule has 80 valence electrons. The first-order valence-electron chi connectivity index (χ1n) is 4.95. The molecule has 0 saturated heterocycles. The predicted molar refractivity (Wildman–Crippen MR) is 53.5 cm³/mol. The highest BCUT2D eigenvalue weighted by molar-refractivity contribution is 4.63. The molecule has 4 heteroatoms. The first-order chi connectivity index (χ1) is 6.24. The number of rotatable bonds is 8. The average Bonchev–Trinajstić information content (AvgIpc) is 2.14. The van der Waals surface area contributed by atoms with Crippen molar-refractivity contribution in [2.24, 2.45) is 5.73 Å². The van der Waals surface area contributed by atoms with Gasteiger partial charge in [0, 0.05) is 19.6 Å². The fraction of sp³-hybridized carbons (Fsp3) is 1.00. The van der Waals surface area contributed by atoms with Gasteiger partial charge in [-0.3, -0.25) is 4.90 Å². The van der Waals surface area contributed by atoms with E-state index in [1.807, 2.05) is 0 Å². The van der Waals surface area contributed by atoms with Crippen LogP contribution in [0.3, 0.4) is 0 Å². The molecule has 4 N–H and O–H groups in total. The van der Waals surface area contributed by atoms with E-state index in [9.17, 15) is 5.11 Å². The highest BCUT2D eigenvalue weighted by atomic mass is 16.3. The SMILES string of the molecule is CCCCN(CCN)CC(O)CO. The molecule has 0 aromatic heterocycles. The minimum absolute atomic E-state index is 0.173. The number of aliphatic hydroxyl groups excluding tert-OH is 2. The molecule has 0 aromatic rings. The first kappa shape index (κ1) is 12.8. The zero-order chi connectivity index (χ0) is 10.1. The van der Waals surface area contributed by atoms with Crippen LogP contribution >= 0.6 is 0 Å². The fourth-order valence-corrected chi connectivity index (χ4v) is 1.21. The van der Waals surface area contributed by atoms with Crippen molar-refractivity contribution in [3.05, 3.63) is 0 Å². The standard InChI is InChI=1S/C9H22N2O2/c1-2-3-5-11(6-4-10)7-9(13)8-12/h9,12-13H,2-8,10H2,1H3. The number of nitrogens with zero attached hydrogens (tertiary/aromatic N) is 1. The van der Waals surface area contributed by atoms with Crippen molar-refractivity contribution in [2.75, 3.05) is 32.8 Å². The summed E-state index contributed by atoms with van der Waals surface area (Å²) in [4.78, 5) is 2.09. The molecule has 0 amide bonds. The van der Waals surface area contributed by atoms with Crippen LogP contribution < -0.4 is 5.73 Å². The summed E-state index contributed by atoms with van der Waals surface area (Å²) in [5.74, 6) is 0. The third-order valence-electron chi connectivity index (χ3n) is 1.95. The summed E-state index contributed by atoms with van der Waals surface area (Å²) in [5, 5.41) is 17.9. The number of hydrogen-bond acceptors (Lipinski definition) is 4. The topological polar surface area (TPSA) is 69.7 Å². The van der Waals surface area contributed by atoms with Gasteiger partial charge in [0.1, 0.15) is 0 Å². The van der Waals surface area contributed by atoms with Crippen LogP contribution in [0, 0.1) is 0 Å². The fourth-order valence-electron chi connectivity index (χ4n) is 1.21. The number of aliphatic hydroxyl groups is 2. The van der Waals surface area contributed by atoms with Gasteiger partial charge in [-0.2, -0.15) is 0 Å². The van der Waals surface area contributed by atoms with Crippen molar-refractivity contribution in [2.45, 2.75) is 25.9 Å². The van der Waals surface area contributed by atoms with Crippen LogP contribution in [0.1, 0.15) is 19.8 Å². The molecule has 0 saturated carbocycles. The molecule has 0 spiro atoms. The number of hydrogen-bond donors (Lipinski definition) is 3. The molecule has 4 nitrogen and oxygen atoms in total. The summed E-state index contributed by atoms with van der Waals surface area (Å²) >= 11 is 0. The Morgan fingerprint density at radius 1 is 1.38 bits per heavy atom. The Labute approximate surface area is 80.3 Å². The van der Waals surface area contributed by atoms with E-state index in [0.29, 0.717) is 13.1 Å². The first-order valence-corrected chi connectivity index (χ1v) is 4.95. The lowest BCUT2D eigenvalue weighted by Crippen LogP contribution is -2.38. The van der Waals surface area contributed by atoms with Gasteiger partial charge in [0.25, 0.3) is 0 Å². The summed E-state index contributed by atoms with van der Waals surface area (Å²) in [6, 6.07) is 0. The van der Waals surface area contributed by atoms with Crippen molar-refractivity contribution in [3.63, 3.8) is 0 Å². The molecular weight excluding hydrogens is 168 g/mol. The molecule has 0 aliphatic carbocycles. The molecular formula is C9H22N2O2. The Morgan fingerprint density at radius 3 is 2.54 bits per heavy atom. The van der Waals surface area contributed by atoms with Crippen LogP contribution in [-0.4, -0.2) is 54.0 Å². The number of nitrogens with two attached hydrogens (primary N) is 1. The smallest absolute Gasteiger partial charge is 0.0897 e. The summed E-state index contributed by atoms with van der Waals surface area (Å²) in [6.45, 7) is 4.81. The van der Waals surface area contributed by atoms with Gasteiger partial charge < -0.3 is 15.9 Å². The van der Waals surface area contributed by atoms with E-state index < -0.39 is 6.10 Å². The maximum Gasteiger partial charge on any atom is 0.0897 e. The van der Waals surface area contributed by atoms with Crippen molar-refractivity contribution >= 4 is 0 Å². The molecule has 0 heterocycles. The lowest BCUT2D eigenvalue weighted by molar-refractivity contribution is 0.0596. The Hall–Kier alpha value is -0.160. The Morgan fingerprint density at radius 2 is 2.08 bits per heavy atom. The third-order valence-corrected chi connectivity index (χ3v) is 1.95. The zero-order valence-electron chi connectivity index (χ0n) is 8.45. The summed E-state index contributed by atoms with van der Waals surface area (Å²) < 4.78 is 0. The summed E-state index contributed by atoms with van der Waals surface area (Å²) in [7, 11) is 0. The second-order valence-corrected chi connectivity index (χ2v) is 3.28. The van der Waals surface area contributed by atoms with E-state index in [1.54, 1.807) is 0 Å². The van der Waals surface area contributed by atoms with Gasteiger partial charge in [0.2, 0.25) is 0 Å². The second-order valence-electron chi connectivity index (χ2n) is 3.28. The van der Waals surface area contributed by atoms with Crippen LogP contribution in [0.2, 0.25) is 0 Å². The number of unbranched alkanes of at least 4 members (excludes halogenated alkanes) is 1. The van der Waals surface area contributed by atoms with Gasteiger partial charge in [-0.15, -0.1) is 0 Å². The Kier molecular flexibility index (Phi) is 8.33. The van der Waals surface area contributed by atoms with Crippen molar-refractivity contribution in [1.82, 2.24) is 4.90 Å². The highest BCUT2D eigenvalue weighted by Crippen LogP contribution is 1.96. The van der Waals surface area contributed by atoms with Gasteiger partial charge in [0.15, 0.2) is 0 Å². The molecule has 0 aliphatic heterocycles. The van der Waals surface area contributed by atoms with Gasteiger partial charge in [-0.05, 0) is 13.0 Å². The van der Waals surface area contributed by atoms with Gasteiger partial charge in [0.05, 0.1) is 12.7 Å². The lowest BCUT2D eigenvalue weighted by Gasteiger charge is -2.23. The quantitative estimate of drug-likeness (QED) is 0.478. The van der Waals surface area contributed by atoms with E-state index >= 15 is 0 Å². The van der Waals surface area contributed by atoms with Crippen molar-refractivity contribution in [1.29, 1.82) is 0 Å². The molecule has 1 unspecified atom stereocenters. The second kappa shape index (κ2) is 8.44. The molecule has 0 bridgehead atoms. The summed E-state index contributed by atoms with van der Waals surface area (Å²) in [5.41, 5.74) is 5.43. The molecule has 0 aromatic carbocycles. The average molecular weight is 190 g/mol. The van der Waals surface area contributed by atoms with E-state index in [1.165, 1.54) is 0 Å². The van der Waals surface area contributed by atoms with Crippen molar-refractivity contribution in [3.8, 4) is 0 Å². The van der Waals surface area contributed by atoms with E-state index in [2.05, 4.69) is 11.8 Å². The molecule has 1 atom stereocenters. The minimum Gasteiger partial charge on any atom is -0.394 e. The molecule has 13 heavy (non-hydrogen) atoms. The third kappa shape index (κ3) is 6.95. The molecule has 0 fully saturated rings. The van der Waals surface area contributed by atoms with Crippen LogP contribution in [0.15, 0.2) is 0 Å². The Balaban J connectivity index is 3.65. The van der Waals surface area contributed by atoms with E-state index in [4.69, 9.17) is 10.8 Å². The van der Waals surface area contributed by atoms with Crippen molar-refractivity contribution < 1.29 is 10.2 Å². The van der Waals surface area contributed by atoms with E-state index in [0.717, 1.165) is 25.9 Å².